The smallest absolute Gasteiger partial charge is 0.410 e. The molecule has 3 heterocycles. The largest absolute Gasteiger partial charge is 0.444 e. The number of hydrogen-bond donors (Lipinski definition) is 1. The summed E-state index contributed by atoms with van der Waals surface area (Å²) < 4.78 is 18.8. The first-order valence-electron chi connectivity index (χ1n) is 8.30. The van der Waals surface area contributed by atoms with E-state index in [-0.39, 0.29) is 27.9 Å². The van der Waals surface area contributed by atoms with Crippen molar-refractivity contribution in [3.8, 4) is 0 Å². The molecule has 3 rings (SSSR count). The van der Waals surface area contributed by atoms with Crippen molar-refractivity contribution in [2.24, 2.45) is 5.41 Å². The van der Waals surface area contributed by atoms with Crippen molar-refractivity contribution in [1.82, 2.24) is 20.2 Å². The number of nitrogens with zero attached hydrogens (tertiary/aromatic N) is 3. The van der Waals surface area contributed by atoms with Crippen molar-refractivity contribution in [1.29, 1.82) is 0 Å². The number of carbonyl (C=O) groups is 1. The quantitative estimate of drug-likeness (QED) is 0.455. The zero-order valence-electron chi connectivity index (χ0n) is 14.8. The van der Waals surface area contributed by atoms with Gasteiger partial charge in [-0.15, -0.1) is 0 Å². The molecule has 1 aromatic heterocycles. The predicted octanol–water partition coefficient (Wildman–Crippen LogP) is 3.61. The maximum atomic E-state index is 13.4. The Morgan fingerprint density at radius 2 is 2.00 bits per heavy atom. The van der Waals surface area contributed by atoms with Crippen molar-refractivity contribution in [2.45, 2.75) is 44.0 Å². The fraction of sp³-hybridized carbons (Fsp3) is 0.688. The molecule has 2 aliphatic rings. The number of likely N-dealkylation sites (tertiary alicyclic amines) is 1. The molecule has 1 amide bonds. The van der Waals surface area contributed by atoms with Crippen LogP contribution in [0, 0.1) is 11.2 Å². The highest BCUT2D eigenvalue weighted by Crippen LogP contribution is 2.40. The lowest BCUT2D eigenvalue weighted by Gasteiger charge is -2.47. The zero-order chi connectivity index (χ0) is 19.1. The van der Waals surface area contributed by atoms with Crippen LogP contribution in [0.5, 0.6) is 0 Å². The molecule has 26 heavy (non-hydrogen) atoms. The highest BCUT2D eigenvalue weighted by atomic mass is 35.5. The Hall–Kier alpha value is -0.830. The van der Waals surface area contributed by atoms with E-state index >= 15 is 0 Å². The Morgan fingerprint density at radius 3 is 2.58 bits per heavy atom. The minimum atomic E-state index is -0.799. The van der Waals surface area contributed by atoms with Gasteiger partial charge < -0.3 is 15.0 Å². The van der Waals surface area contributed by atoms with Crippen molar-refractivity contribution < 1.29 is 13.9 Å². The van der Waals surface area contributed by atoms with E-state index < -0.39 is 11.4 Å². The number of hydrogen-bond acceptors (Lipinski definition) is 6. The average molecular weight is 423 g/mol. The molecular weight excluding hydrogens is 402 g/mol. The van der Waals surface area contributed by atoms with Crippen LogP contribution in [-0.2, 0) is 4.74 Å². The first kappa shape index (κ1) is 19.9. The number of nitrogens with one attached hydrogen (secondary N) is 1. The van der Waals surface area contributed by atoms with Gasteiger partial charge >= 0.3 is 6.09 Å². The summed E-state index contributed by atoms with van der Waals surface area (Å²) in [6.45, 7) is 7.83. The van der Waals surface area contributed by atoms with Crippen LogP contribution in [-0.4, -0.2) is 58.0 Å². The van der Waals surface area contributed by atoms with Gasteiger partial charge in [0.2, 0.25) is 0 Å². The molecule has 1 unspecified atom stereocenters. The number of thioether (sulfide) groups is 1. The lowest BCUT2D eigenvalue weighted by Crippen LogP contribution is -2.60. The van der Waals surface area contributed by atoms with E-state index in [1.54, 1.807) is 4.90 Å². The van der Waals surface area contributed by atoms with Crippen molar-refractivity contribution in [3.63, 3.8) is 0 Å². The van der Waals surface area contributed by atoms with E-state index in [0.717, 1.165) is 13.0 Å². The van der Waals surface area contributed by atoms with Crippen molar-refractivity contribution in [3.05, 3.63) is 16.1 Å². The molecule has 1 spiro atoms. The normalized spacial score (nSPS) is 21.8. The molecule has 1 N–H and O–H groups in total. The van der Waals surface area contributed by atoms with Gasteiger partial charge in [0.05, 0.1) is 0 Å². The Balaban J connectivity index is 1.47. The summed E-state index contributed by atoms with van der Waals surface area (Å²) in [5.74, 6) is -0.0840. The van der Waals surface area contributed by atoms with E-state index in [1.807, 2.05) is 20.8 Å². The summed E-state index contributed by atoms with van der Waals surface area (Å²) in [4.78, 5) is 21.6. The molecule has 10 heteroatoms. The summed E-state index contributed by atoms with van der Waals surface area (Å²) >= 11 is 12.8. The lowest BCUT2D eigenvalue weighted by atomic mass is 9.78. The average Bonchev–Trinajstić information content (AvgIpc) is 2.92. The zero-order valence-corrected chi connectivity index (χ0v) is 17.1. The minimum absolute atomic E-state index is 0.0983. The SMILES string of the molecule is CC(C)(C)OC(=O)N1CC2(CNC(CSc3nc(Cl)c(F)c(Cl)n3)C2)C1. The maximum absolute atomic E-state index is 13.4. The van der Waals surface area contributed by atoms with Crippen LogP contribution in [0.3, 0.4) is 0 Å². The molecule has 0 radical (unpaired) electrons. The number of aromatic nitrogens is 2. The molecule has 6 nitrogen and oxygen atoms in total. The molecule has 2 fully saturated rings. The Labute approximate surface area is 166 Å². The number of carbonyl (C=O) groups excluding carboxylic acids is 1. The topological polar surface area (TPSA) is 67.3 Å². The molecule has 1 aromatic rings. The third-order valence-corrected chi connectivity index (χ3v) is 5.82. The van der Waals surface area contributed by atoms with Gasteiger partial charge in [-0.25, -0.2) is 19.2 Å². The van der Waals surface area contributed by atoms with Gasteiger partial charge in [-0.3, -0.25) is 0 Å². The van der Waals surface area contributed by atoms with Gasteiger partial charge in [0, 0.05) is 36.8 Å². The lowest BCUT2D eigenvalue weighted by molar-refractivity contribution is -0.0278. The van der Waals surface area contributed by atoms with Crippen LogP contribution < -0.4 is 5.32 Å². The molecule has 0 aromatic carbocycles. The third-order valence-electron chi connectivity index (χ3n) is 4.31. The molecule has 0 bridgehead atoms. The Morgan fingerprint density at radius 1 is 1.38 bits per heavy atom. The van der Waals surface area contributed by atoms with Crippen LogP contribution in [0.4, 0.5) is 9.18 Å². The molecule has 2 saturated heterocycles. The van der Waals surface area contributed by atoms with Gasteiger partial charge in [-0.2, -0.15) is 0 Å². The van der Waals surface area contributed by atoms with Crippen LogP contribution in [0.2, 0.25) is 10.3 Å². The summed E-state index contributed by atoms with van der Waals surface area (Å²) in [5.41, 5.74) is -0.383. The maximum Gasteiger partial charge on any atom is 0.410 e. The highest BCUT2D eigenvalue weighted by molar-refractivity contribution is 7.99. The summed E-state index contributed by atoms with van der Waals surface area (Å²) in [6.07, 6.45) is 0.687. The van der Waals surface area contributed by atoms with Crippen LogP contribution >= 0.6 is 35.0 Å². The molecule has 2 aliphatic heterocycles. The molecular formula is C16H21Cl2FN4O2S. The fourth-order valence-corrected chi connectivity index (χ4v) is 4.61. The molecule has 0 saturated carbocycles. The van der Waals surface area contributed by atoms with E-state index in [0.29, 0.717) is 24.0 Å². The first-order chi connectivity index (χ1) is 12.1. The van der Waals surface area contributed by atoms with Crippen LogP contribution in [0.15, 0.2) is 5.16 Å². The second kappa shape index (κ2) is 7.30. The summed E-state index contributed by atoms with van der Waals surface area (Å²) in [5, 5.41) is 3.29. The number of ether oxygens (including phenoxy) is 1. The van der Waals surface area contributed by atoms with Crippen molar-refractivity contribution in [2.75, 3.05) is 25.4 Å². The monoisotopic (exact) mass is 422 g/mol. The predicted molar refractivity (Wildman–Crippen MR) is 99.4 cm³/mol. The fourth-order valence-electron chi connectivity index (χ4n) is 3.22. The van der Waals surface area contributed by atoms with Crippen LogP contribution in [0.25, 0.3) is 0 Å². The van der Waals surface area contributed by atoms with Gasteiger partial charge in [0.15, 0.2) is 21.3 Å². The van der Waals surface area contributed by atoms with Gasteiger partial charge in [-0.1, -0.05) is 35.0 Å². The number of amides is 1. The van der Waals surface area contributed by atoms with Gasteiger partial charge in [0.25, 0.3) is 0 Å². The Bertz CT molecular complexity index is 687. The van der Waals surface area contributed by atoms with E-state index in [9.17, 15) is 9.18 Å². The van der Waals surface area contributed by atoms with E-state index in [1.165, 1.54) is 11.8 Å². The van der Waals surface area contributed by atoms with E-state index in [4.69, 9.17) is 27.9 Å². The summed E-state index contributed by atoms with van der Waals surface area (Å²) in [6, 6.07) is 0.256. The van der Waals surface area contributed by atoms with E-state index in [2.05, 4.69) is 15.3 Å². The number of rotatable bonds is 3. The second-order valence-corrected chi connectivity index (χ2v) is 9.53. The first-order valence-corrected chi connectivity index (χ1v) is 10.0. The summed E-state index contributed by atoms with van der Waals surface area (Å²) in [7, 11) is 0. The molecule has 0 aliphatic carbocycles. The van der Waals surface area contributed by atoms with Crippen molar-refractivity contribution >= 4 is 41.1 Å². The third kappa shape index (κ3) is 4.52. The number of halogens is 3. The van der Waals surface area contributed by atoms with Gasteiger partial charge in [0.1, 0.15) is 5.60 Å². The van der Waals surface area contributed by atoms with Gasteiger partial charge in [-0.05, 0) is 27.2 Å². The second-order valence-electron chi connectivity index (χ2n) is 7.83. The molecule has 144 valence electrons. The minimum Gasteiger partial charge on any atom is -0.444 e. The Kier molecular flexibility index (Phi) is 5.59. The van der Waals surface area contributed by atoms with Crippen LogP contribution in [0.1, 0.15) is 27.2 Å². The highest BCUT2D eigenvalue weighted by Gasteiger charge is 2.50. The molecule has 1 atom stereocenters. The standard InChI is InChI=1S/C16H21Cl2FN4O2S/c1-15(2,3)25-14(24)23-7-16(8-23)4-9(20-6-16)5-26-13-21-11(17)10(19)12(18)22-13/h9,20H,4-8H2,1-3H3.